The van der Waals surface area contributed by atoms with Crippen LogP contribution >= 0.6 is 0 Å². The highest BCUT2D eigenvalue weighted by molar-refractivity contribution is 5.91. The van der Waals surface area contributed by atoms with E-state index in [-0.39, 0.29) is 16.6 Å². The fourth-order valence-electron chi connectivity index (χ4n) is 6.86. The molecule has 4 aliphatic rings. The Bertz CT molecular complexity index is 658. The topological polar surface area (TPSA) is 54.4 Å². The Kier molecular flexibility index (Phi) is 3.56. The molecule has 3 nitrogen and oxygen atoms in total. The van der Waals surface area contributed by atoms with E-state index in [4.69, 9.17) is 0 Å². The molecule has 1 N–H and O–H groups in total. The second kappa shape index (κ2) is 5.31. The van der Waals surface area contributed by atoms with Crippen LogP contribution in [0, 0.1) is 28.6 Å². The molecule has 4 rings (SSSR count). The summed E-state index contributed by atoms with van der Waals surface area (Å²) in [5.74, 6) is 2.19. The van der Waals surface area contributed by atoms with Crippen LogP contribution in [0.4, 0.5) is 0 Å². The Balaban J connectivity index is 1.70. The molecule has 3 heteroatoms. The van der Waals surface area contributed by atoms with Gasteiger partial charge >= 0.3 is 0 Å². The van der Waals surface area contributed by atoms with Gasteiger partial charge in [0.2, 0.25) is 0 Å². The number of aldehydes is 1. The van der Waals surface area contributed by atoms with Crippen LogP contribution in [0.5, 0.6) is 0 Å². The number of hydrogen-bond donors (Lipinski definition) is 1. The van der Waals surface area contributed by atoms with Crippen LogP contribution < -0.4 is 0 Å². The Morgan fingerprint density at radius 3 is 2.58 bits per heavy atom. The van der Waals surface area contributed by atoms with E-state index in [1.807, 2.05) is 6.08 Å². The van der Waals surface area contributed by atoms with Crippen molar-refractivity contribution >= 4 is 12.1 Å². The molecule has 0 spiro atoms. The van der Waals surface area contributed by atoms with Gasteiger partial charge in [0.05, 0.1) is 0 Å². The van der Waals surface area contributed by atoms with Gasteiger partial charge in [-0.3, -0.25) is 9.59 Å². The van der Waals surface area contributed by atoms with E-state index < -0.39 is 0 Å². The van der Waals surface area contributed by atoms with Crippen LogP contribution in [0.25, 0.3) is 0 Å². The maximum atomic E-state index is 11.9. The van der Waals surface area contributed by atoms with Gasteiger partial charge in [0.15, 0.2) is 17.8 Å². The fraction of sp³-hybridized carbons (Fsp3) is 0.714. The largest absolute Gasteiger partial charge is 0.505 e. The molecule has 3 saturated carbocycles. The maximum absolute atomic E-state index is 11.9. The molecule has 0 heterocycles. The van der Waals surface area contributed by atoms with Gasteiger partial charge in [-0.2, -0.15) is 0 Å². The number of fused-ring (bicyclic) bond motifs is 5. The molecule has 0 aromatic carbocycles. The summed E-state index contributed by atoms with van der Waals surface area (Å²) in [4.78, 5) is 23.0. The summed E-state index contributed by atoms with van der Waals surface area (Å²) in [6.07, 6.45) is 10.7. The minimum absolute atomic E-state index is 0.00573. The number of ketones is 1. The van der Waals surface area contributed by atoms with Crippen molar-refractivity contribution in [3.05, 3.63) is 23.0 Å². The molecule has 130 valence electrons. The van der Waals surface area contributed by atoms with Gasteiger partial charge in [-0.05, 0) is 85.2 Å². The Morgan fingerprint density at radius 2 is 1.83 bits per heavy atom. The molecule has 0 aromatic rings. The van der Waals surface area contributed by atoms with Crippen LogP contribution in [-0.4, -0.2) is 17.2 Å². The third kappa shape index (κ3) is 2.02. The molecule has 0 aliphatic heterocycles. The van der Waals surface area contributed by atoms with Crippen molar-refractivity contribution < 1.29 is 14.7 Å². The summed E-state index contributed by atoms with van der Waals surface area (Å²) < 4.78 is 0. The third-order valence-electron chi connectivity index (χ3n) is 8.17. The number of carbonyl (C=O) groups is 2. The molecular formula is C21H28O3. The lowest BCUT2D eigenvalue weighted by atomic mass is 9.47. The second-order valence-electron chi connectivity index (χ2n) is 8.95. The summed E-state index contributed by atoms with van der Waals surface area (Å²) in [5, 5.41) is 10.1. The van der Waals surface area contributed by atoms with Gasteiger partial charge in [0, 0.05) is 6.42 Å². The highest BCUT2D eigenvalue weighted by Crippen LogP contribution is 2.66. The predicted octanol–water partition coefficient (Wildman–Crippen LogP) is 4.53. The minimum atomic E-state index is -0.00989. The van der Waals surface area contributed by atoms with Crippen molar-refractivity contribution in [3.63, 3.8) is 0 Å². The molecule has 0 unspecified atom stereocenters. The number of hydrogen-bond acceptors (Lipinski definition) is 3. The number of aliphatic hydroxyl groups is 1. The van der Waals surface area contributed by atoms with Crippen molar-refractivity contribution in [2.75, 3.05) is 0 Å². The van der Waals surface area contributed by atoms with Gasteiger partial charge in [0.1, 0.15) is 0 Å². The van der Waals surface area contributed by atoms with Crippen LogP contribution in [0.1, 0.15) is 65.2 Å². The van der Waals surface area contributed by atoms with E-state index in [2.05, 4.69) is 13.8 Å². The lowest BCUT2D eigenvalue weighted by Gasteiger charge is -2.57. The van der Waals surface area contributed by atoms with Crippen LogP contribution in [0.2, 0.25) is 0 Å². The van der Waals surface area contributed by atoms with E-state index in [0.29, 0.717) is 36.2 Å². The molecular weight excluding hydrogens is 300 g/mol. The lowest BCUT2D eigenvalue weighted by Crippen LogP contribution is -2.49. The van der Waals surface area contributed by atoms with Crippen molar-refractivity contribution in [1.82, 2.24) is 0 Å². The fourth-order valence-corrected chi connectivity index (χ4v) is 6.86. The molecule has 4 aliphatic carbocycles. The standard InChI is InChI=1S/C21H28O3/c1-20-9-7-14(23)11-13(20)3-4-15-16-5-6-18(19(24)12-22)21(16,2)10-8-17(15)20/h11-12,15-17,24H,3-10H2,1-2H3/b19-18+/t15-,16-,17-,20-,21-/m0/s1. The highest BCUT2D eigenvalue weighted by Gasteiger charge is 2.58. The predicted molar refractivity (Wildman–Crippen MR) is 92.4 cm³/mol. The first kappa shape index (κ1) is 16.1. The summed E-state index contributed by atoms with van der Waals surface area (Å²) >= 11 is 0. The molecule has 3 fully saturated rings. The van der Waals surface area contributed by atoms with E-state index in [1.165, 1.54) is 5.57 Å². The Labute approximate surface area is 144 Å². The third-order valence-corrected chi connectivity index (χ3v) is 8.17. The van der Waals surface area contributed by atoms with Gasteiger partial charge in [-0.1, -0.05) is 19.4 Å². The summed E-state index contributed by atoms with van der Waals surface area (Å²) in [6.45, 7) is 4.66. The van der Waals surface area contributed by atoms with E-state index >= 15 is 0 Å². The first-order valence-electron chi connectivity index (χ1n) is 9.52. The van der Waals surface area contributed by atoms with Crippen LogP contribution in [-0.2, 0) is 9.59 Å². The van der Waals surface area contributed by atoms with Crippen LogP contribution in [0.15, 0.2) is 23.0 Å². The van der Waals surface area contributed by atoms with Gasteiger partial charge in [-0.25, -0.2) is 0 Å². The summed E-state index contributed by atoms with van der Waals surface area (Å²) in [6, 6.07) is 0. The SMILES string of the molecule is C[C@]12CCC(=O)C=C1CC[C@@H]1[C@@H]2CC[C@]2(C)/C(=C(/O)C=O)CC[C@@H]12. The normalized spacial score (nSPS) is 46.5. The van der Waals surface area contributed by atoms with Crippen molar-refractivity contribution in [2.24, 2.45) is 28.6 Å². The van der Waals surface area contributed by atoms with Crippen molar-refractivity contribution in [3.8, 4) is 0 Å². The number of carbonyl (C=O) groups excluding carboxylic acids is 2. The smallest absolute Gasteiger partial charge is 0.184 e. The zero-order valence-electron chi connectivity index (χ0n) is 14.8. The zero-order valence-corrected chi connectivity index (χ0v) is 14.8. The molecule has 0 aromatic heterocycles. The van der Waals surface area contributed by atoms with Gasteiger partial charge < -0.3 is 5.11 Å². The second-order valence-corrected chi connectivity index (χ2v) is 8.95. The van der Waals surface area contributed by atoms with Crippen LogP contribution in [0.3, 0.4) is 0 Å². The summed E-state index contributed by atoms with van der Waals surface area (Å²) in [5.41, 5.74) is 2.59. The molecule has 0 bridgehead atoms. The molecule has 0 saturated heterocycles. The van der Waals surface area contributed by atoms with Gasteiger partial charge in [0.25, 0.3) is 0 Å². The first-order valence-corrected chi connectivity index (χ1v) is 9.52. The zero-order chi connectivity index (χ0) is 17.1. The van der Waals surface area contributed by atoms with E-state index in [9.17, 15) is 14.7 Å². The van der Waals surface area contributed by atoms with E-state index in [0.717, 1.165) is 50.5 Å². The molecule has 24 heavy (non-hydrogen) atoms. The first-order chi connectivity index (χ1) is 11.4. The number of allylic oxidation sites excluding steroid dienone is 3. The van der Waals surface area contributed by atoms with E-state index in [1.54, 1.807) is 0 Å². The quantitative estimate of drug-likeness (QED) is 0.437. The minimum Gasteiger partial charge on any atom is -0.505 e. The lowest BCUT2D eigenvalue weighted by molar-refractivity contribution is -0.117. The summed E-state index contributed by atoms with van der Waals surface area (Å²) in [7, 11) is 0. The number of aliphatic hydroxyl groups excluding tert-OH is 1. The van der Waals surface area contributed by atoms with Crippen molar-refractivity contribution in [1.29, 1.82) is 0 Å². The highest BCUT2D eigenvalue weighted by atomic mass is 16.3. The average Bonchev–Trinajstić information content (AvgIpc) is 2.92. The van der Waals surface area contributed by atoms with Gasteiger partial charge in [-0.15, -0.1) is 0 Å². The molecule has 0 amide bonds. The Morgan fingerprint density at radius 1 is 1.08 bits per heavy atom. The molecule has 0 radical (unpaired) electrons. The monoisotopic (exact) mass is 328 g/mol. The molecule has 5 atom stereocenters. The Hall–Kier alpha value is -1.38. The average molecular weight is 328 g/mol. The maximum Gasteiger partial charge on any atom is 0.184 e. The van der Waals surface area contributed by atoms with Crippen molar-refractivity contribution in [2.45, 2.75) is 65.2 Å². The number of rotatable bonds is 1.